The highest BCUT2D eigenvalue weighted by molar-refractivity contribution is 7.99. The zero-order valence-corrected chi connectivity index (χ0v) is 14.8. The predicted octanol–water partition coefficient (Wildman–Crippen LogP) is 2.83. The van der Waals surface area contributed by atoms with E-state index in [1.807, 2.05) is 55.2 Å². The molecule has 2 aromatic rings. The topological polar surface area (TPSA) is 36.4 Å². The Morgan fingerprint density at radius 1 is 1.17 bits per heavy atom. The van der Waals surface area contributed by atoms with E-state index in [1.165, 1.54) is 0 Å². The zero-order chi connectivity index (χ0) is 16.8. The molecule has 0 bridgehead atoms. The highest BCUT2D eigenvalue weighted by Gasteiger charge is 2.31. The van der Waals surface area contributed by atoms with Crippen LogP contribution in [0.15, 0.2) is 54.7 Å². The molecule has 5 heteroatoms. The third kappa shape index (κ3) is 4.16. The molecule has 0 spiro atoms. The Balaban J connectivity index is 1.80. The summed E-state index contributed by atoms with van der Waals surface area (Å²) in [5.74, 6) is 2.31. The van der Waals surface area contributed by atoms with Crippen molar-refractivity contribution in [1.82, 2.24) is 14.8 Å². The predicted molar refractivity (Wildman–Crippen MR) is 98.8 cm³/mol. The third-order valence-corrected chi connectivity index (χ3v) is 5.20. The molecular weight excluding hydrogens is 318 g/mol. The summed E-state index contributed by atoms with van der Waals surface area (Å²) in [5, 5.41) is 0. The molecule has 3 rings (SSSR count). The molecule has 1 fully saturated rings. The van der Waals surface area contributed by atoms with E-state index in [2.05, 4.69) is 22.0 Å². The van der Waals surface area contributed by atoms with E-state index in [-0.39, 0.29) is 11.9 Å². The zero-order valence-electron chi connectivity index (χ0n) is 14.0. The minimum Gasteiger partial charge on any atom is -0.338 e. The summed E-state index contributed by atoms with van der Waals surface area (Å²) in [6.45, 7) is 2.44. The molecule has 1 saturated heterocycles. The van der Waals surface area contributed by atoms with Crippen molar-refractivity contribution in [3.8, 4) is 0 Å². The molecule has 1 aliphatic rings. The molecule has 0 saturated carbocycles. The lowest BCUT2D eigenvalue weighted by atomic mass is 10.0. The number of rotatable bonds is 5. The maximum atomic E-state index is 13.2. The molecule has 0 radical (unpaired) electrons. The maximum absolute atomic E-state index is 13.2. The number of hydrogen-bond acceptors (Lipinski definition) is 4. The Hall–Kier alpha value is -1.85. The molecule has 1 atom stereocenters. The first-order valence-corrected chi connectivity index (χ1v) is 9.43. The Kier molecular flexibility index (Phi) is 5.88. The molecule has 24 heavy (non-hydrogen) atoms. The van der Waals surface area contributed by atoms with Gasteiger partial charge in [0.2, 0.25) is 5.91 Å². The van der Waals surface area contributed by atoms with E-state index in [9.17, 15) is 4.79 Å². The molecule has 0 aliphatic carbocycles. The first-order valence-electron chi connectivity index (χ1n) is 8.27. The highest BCUT2D eigenvalue weighted by Crippen LogP contribution is 2.26. The van der Waals surface area contributed by atoms with E-state index in [0.717, 1.165) is 35.9 Å². The van der Waals surface area contributed by atoms with Crippen molar-refractivity contribution >= 4 is 17.7 Å². The number of carbonyl (C=O) groups is 1. The minimum absolute atomic E-state index is 0.138. The second-order valence-electron chi connectivity index (χ2n) is 5.98. The number of nitrogens with zero attached hydrogens (tertiary/aromatic N) is 3. The van der Waals surface area contributed by atoms with Gasteiger partial charge in [0.05, 0.1) is 12.2 Å². The van der Waals surface area contributed by atoms with E-state index in [4.69, 9.17) is 0 Å². The fourth-order valence-electron chi connectivity index (χ4n) is 3.00. The van der Waals surface area contributed by atoms with Crippen LogP contribution in [0.4, 0.5) is 0 Å². The van der Waals surface area contributed by atoms with Gasteiger partial charge in [-0.2, -0.15) is 11.8 Å². The van der Waals surface area contributed by atoms with Crippen molar-refractivity contribution in [3.63, 3.8) is 0 Å². The number of likely N-dealkylation sites (N-methyl/N-ethyl adjacent to an activating group) is 1. The first-order chi connectivity index (χ1) is 11.8. The van der Waals surface area contributed by atoms with Crippen molar-refractivity contribution in [1.29, 1.82) is 0 Å². The van der Waals surface area contributed by atoms with Crippen LogP contribution in [0.1, 0.15) is 17.3 Å². The minimum atomic E-state index is -0.208. The van der Waals surface area contributed by atoms with Crippen LogP contribution in [0.5, 0.6) is 0 Å². The molecule has 1 aliphatic heterocycles. The van der Waals surface area contributed by atoms with Crippen LogP contribution in [0.25, 0.3) is 0 Å². The number of pyridine rings is 1. The molecule has 126 valence electrons. The number of aromatic nitrogens is 1. The number of benzene rings is 1. The van der Waals surface area contributed by atoms with Crippen molar-refractivity contribution in [2.45, 2.75) is 12.6 Å². The molecule has 0 unspecified atom stereocenters. The van der Waals surface area contributed by atoms with Gasteiger partial charge < -0.3 is 4.90 Å². The number of amides is 1. The quantitative estimate of drug-likeness (QED) is 0.838. The number of carbonyl (C=O) groups excluding carboxylic acids is 1. The first kappa shape index (κ1) is 17.0. The van der Waals surface area contributed by atoms with Gasteiger partial charge >= 0.3 is 0 Å². The van der Waals surface area contributed by atoms with E-state index in [1.54, 1.807) is 11.1 Å². The molecule has 2 heterocycles. The van der Waals surface area contributed by atoms with Crippen LogP contribution in [-0.4, -0.2) is 52.3 Å². The highest BCUT2D eigenvalue weighted by atomic mass is 32.2. The summed E-state index contributed by atoms with van der Waals surface area (Å²) >= 11 is 1.96. The van der Waals surface area contributed by atoms with Gasteiger partial charge in [-0.3, -0.25) is 14.7 Å². The summed E-state index contributed by atoms with van der Waals surface area (Å²) in [6.07, 6.45) is 1.77. The van der Waals surface area contributed by atoms with Gasteiger partial charge in [-0.05, 0) is 17.7 Å². The van der Waals surface area contributed by atoms with Gasteiger partial charge in [-0.1, -0.05) is 36.4 Å². The van der Waals surface area contributed by atoms with E-state index >= 15 is 0 Å². The fourth-order valence-corrected chi connectivity index (χ4v) is 3.93. The van der Waals surface area contributed by atoms with E-state index in [0.29, 0.717) is 6.54 Å². The Labute approximate surface area is 147 Å². The number of hydrogen-bond donors (Lipinski definition) is 0. The van der Waals surface area contributed by atoms with Crippen LogP contribution < -0.4 is 0 Å². The SMILES string of the molecule is CN(Cc1ccccn1)C(=O)[C@@H](c1ccccc1)N1CCSCC1. The van der Waals surface area contributed by atoms with E-state index < -0.39 is 0 Å². The van der Waals surface area contributed by atoms with Crippen molar-refractivity contribution in [3.05, 3.63) is 66.0 Å². The van der Waals surface area contributed by atoms with Gasteiger partial charge in [-0.25, -0.2) is 0 Å². The summed E-state index contributed by atoms with van der Waals surface area (Å²) < 4.78 is 0. The van der Waals surface area contributed by atoms with Crippen LogP contribution in [0, 0.1) is 0 Å². The summed E-state index contributed by atoms with van der Waals surface area (Å²) in [6, 6.07) is 15.7. The largest absolute Gasteiger partial charge is 0.338 e. The van der Waals surface area contributed by atoms with Crippen LogP contribution in [0.2, 0.25) is 0 Å². The lowest BCUT2D eigenvalue weighted by molar-refractivity contribution is -0.136. The molecule has 4 nitrogen and oxygen atoms in total. The maximum Gasteiger partial charge on any atom is 0.244 e. The van der Waals surface area contributed by atoms with Crippen molar-refractivity contribution in [2.75, 3.05) is 31.6 Å². The Morgan fingerprint density at radius 3 is 2.54 bits per heavy atom. The second-order valence-corrected chi connectivity index (χ2v) is 7.20. The van der Waals surface area contributed by atoms with Crippen LogP contribution in [0.3, 0.4) is 0 Å². The standard InChI is InChI=1S/C19H23N3OS/c1-21(15-17-9-5-6-10-20-17)19(23)18(16-7-3-2-4-8-16)22-11-13-24-14-12-22/h2-10,18H,11-15H2,1H3/t18-/m1/s1. The molecular formula is C19H23N3OS. The van der Waals surface area contributed by atoms with Gasteiger partial charge in [0.15, 0.2) is 0 Å². The summed E-state index contributed by atoms with van der Waals surface area (Å²) in [7, 11) is 1.87. The van der Waals surface area contributed by atoms with Gasteiger partial charge in [0.1, 0.15) is 6.04 Å². The number of thioether (sulfide) groups is 1. The monoisotopic (exact) mass is 341 g/mol. The molecule has 1 amide bonds. The molecule has 1 aromatic heterocycles. The van der Waals surface area contributed by atoms with Gasteiger partial charge in [0, 0.05) is 37.8 Å². The Morgan fingerprint density at radius 2 is 1.88 bits per heavy atom. The fraction of sp³-hybridized carbons (Fsp3) is 0.368. The smallest absolute Gasteiger partial charge is 0.244 e. The molecule has 0 N–H and O–H groups in total. The summed E-state index contributed by atoms with van der Waals surface area (Å²) in [5.41, 5.74) is 1.98. The van der Waals surface area contributed by atoms with Crippen molar-refractivity contribution < 1.29 is 4.79 Å². The van der Waals surface area contributed by atoms with Crippen LogP contribution in [-0.2, 0) is 11.3 Å². The average Bonchev–Trinajstić information content (AvgIpc) is 2.64. The third-order valence-electron chi connectivity index (χ3n) is 4.26. The second kappa shape index (κ2) is 8.31. The van der Waals surface area contributed by atoms with Gasteiger partial charge in [-0.15, -0.1) is 0 Å². The Bertz CT molecular complexity index is 644. The summed E-state index contributed by atoms with van der Waals surface area (Å²) in [4.78, 5) is 21.6. The lowest BCUT2D eigenvalue weighted by Crippen LogP contribution is -2.44. The lowest BCUT2D eigenvalue weighted by Gasteiger charge is -2.35. The van der Waals surface area contributed by atoms with Crippen molar-refractivity contribution in [2.24, 2.45) is 0 Å². The van der Waals surface area contributed by atoms with Crippen LogP contribution >= 0.6 is 11.8 Å². The molecule has 1 aromatic carbocycles. The normalized spacial score (nSPS) is 16.5. The van der Waals surface area contributed by atoms with Gasteiger partial charge in [0.25, 0.3) is 0 Å². The average molecular weight is 341 g/mol.